The Balaban J connectivity index is 4.72. The van der Waals surface area contributed by atoms with Gasteiger partial charge in [-0.15, -0.1) is 0 Å². The fourth-order valence-electron chi connectivity index (χ4n) is 5.32. The average Bonchev–Trinajstić information content (AvgIpc) is 3.22. The molecule has 0 aliphatic rings. The highest BCUT2D eigenvalue weighted by Gasteiger charge is 2.27. The fourth-order valence-corrected chi connectivity index (χ4v) is 6.06. The molecule has 352 valence electrons. The van der Waals surface area contributed by atoms with Crippen molar-refractivity contribution < 1.29 is 52.3 Å². The van der Waals surface area contributed by atoms with Crippen LogP contribution in [0.3, 0.4) is 0 Å². The SMILES string of the molecule is CC/C=C\C/C=C\C/C=C\C/C=C\C[C@H](O)[C@@H](O)CCCC(=O)OC[C@H](COP(=O)(O)OCC[N+](C)(C)C)OC(=O)CC/C=C\C/C=C\C/C=C\C/C=C\C/C=C\CCCCC. The lowest BCUT2D eigenvalue weighted by Gasteiger charge is -2.24. The van der Waals surface area contributed by atoms with Crippen molar-refractivity contribution in [3.05, 3.63) is 109 Å². The van der Waals surface area contributed by atoms with E-state index in [1.54, 1.807) is 0 Å². The van der Waals surface area contributed by atoms with E-state index < -0.39 is 51.3 Å². The summed E-state index contributed by atoms with van der Waals surface area (Å²) in [4.78, 5) is 35.4. The Kier molecular flexibility index (Phi) is 38.1. The molecule has 12 heteroatoms. The van der Waals surface area contributed by atoms with Crippen LogP contribution in [0.25, 0.3) is 0 Å². The van der Waals surface area contributed by atoms with Crippen molar-refractivity contribution in [1.82, 2.24) is 0 Å². The summed E-state index contributed by atoms with van der Waals surface area (Å²) >= 11 is 0. The van der Waals surface area contributed by atoms with Crippen molar-refractivity contribution in [3.63, 3.8) is 0 Å². The summed E-state index contributed by atoms with van der Waals surface area (Å²) in [6, 6.07) is 0. The topological polar surface area (TPSA) is 149 Å². The molecule has 11 nitrogen and oxygen atoms in total. The number of phosphoric ester groups is 1. The summed E-state index contributed by atoms with van der Waals surface area (Å²) in [7, 11) is 1.26. The maximum Gasteiger partial charge on any atom is 0.472 e. The molecule has 0 heterocycles. The van der Waals surface area contributed by atoms with Gasteiger partial charge in [0.15, 0.2) is 6.10 Å². The third kappa shape index (κ3) is 41.9. The van der Waals surface area contributed by atoms with E-state index in [9.17, 15) is 29.3 Å². The van der Waals surface area contributed by atoms with Crippen LogP contribution in [0.4, 0.5) is 0 Å². The second-order valence-corrected chi connectivity index (χ2v) is 17.5. The first kappa shape index (κ1) is 58.6. The number of phosphoric acid groups is 1. The number of carbonyl (C=O) groups is 2. The molecule has 0 aromatic heterocycles. The molecule has 4 atom stereocenters. The molecule has 0 aliphatic carbocycles. The van der Waals surface area contributed by atoms with Crippen molar-refractivity contribution in [3.8, 4) is 0 Å². The first-order valence-corrected chi connectivity index (χ1v) is 24.3. The predicted molar refractivity (Wildman–Crippen MR) is 254 cm³/mol. The van der Waals surface area contributed by atoms with Gasteiger partial charge in [0.25, 0.3) is 0 Å². The normalized spacial score (nSPS) is 15.5. The fraction of sp³-hybridized carbons (Fsp3) is 0.600. The molecular weight excluding hydrogens is 806 g/mol. The first-order valence-electron chi connectivity index (χ1n) is 22.8. The Bertz CT molecular complexity index is 1450. The minimum Gasteiger partial charge on any atom is -0.462 e. The summed E-state index contributed by atoms with van der Waals surface area (Å²) in [6.07, 6.45) is 47.6. The van der Waals surface area contributed by atoms with Gasteiger partial charge in [-0.3, -0.25) is 18.6 Å². The summed E-state index contributed by atoms with van der Waals surface area (Å²) in [5.41, 5.74) is 0. The van der Waals surface area contributed by atoms with Crippen molar-refractivity contribution >= 4 is 19.8 Å². The van der Waals surface area contributed by atoms with Crippen LogP contribution < -0.4 is 0 Å². The van der Waals surface area contributed by atoms with Gasteiger partial charge in [0, 0.05) is 12.8 Å². The zero-order chi connectivity index (χ0) is 46.0. The lowest BCUT2D eigenvalue weighted by molar-refractivity contribution is -0.870. The minimum absolute atomic E-state index is 0.0336. The molecule has 0 spiro atoms. The van der Waals surface area contributed by atoms with E-state index in [-0.39, 0.29) is 38.7 Å². The molecular formula is C50H83NO10P+. The molecule has 0 radical (unpaired) electrons. The molecule has 0 aliphatic heterocycles. The van der Waals surface area contributed by atoms with E-state index in [1.807, 2.05) is 51.5 Å². The second kappa shape index (κ2) is 40.4. The highest BCUT2D eigenvalue weighted by Crippen LogP contribution is 2.43. The third-order valence-corrected chi connectivity index (χ3v) is 9.99. The van der Waals surface area contributed by atoms with Crippen LogP contribution in [0.1, 0.15) is 129 Å². The number of aliphatic hydroxyl groups is 2. The Morgan fingerprint density at radius 3 is 1.60 bits per heavy atom. The van der Waals surface area contributed by atoms with Crippen LogP contribution >= 0.6 is 7.82 Å². The van der Waals surface area contributed by atoms with Gasteiger partial charge in [-0.2, -0.15) is 0 Å². The number of esters is 2. The Morgan fingerprint density at radius 1 is 0.581 bits per heavy atom. The summed E-state index contributed by atoms with van der Waals surface area (Å²) in [6.45, 7) is 3.82. The van der Waals surface area contributed by atoms with E-state index in [0.717, 1.165) is 57.8 Å². The first-order chi connectivity index (χ1) is 29.8. The number of unbranched alkanes of at least 4 members (excludes halogenated alkanes) is 3. The lowest BCUT2D eigenvalue weighted by atomic mass is 10.0. The Labute approximate surface area is 375 Å². The zero-order valence-corrected chi connectivity index (χ0v) is 39.7. The molecule has 1 unspecified atom stereocenters. The van der Waals surface area contributed by atoms with Gasteiger partial charge in [0.1, 0.15) is 19.8 Å². The van der Waals surface area contributed by atoms with Crippen LogP contribution in [-0.4, -0.2) is 97.3 Å². The quantitative estimate of drug-likeness (QED) is 0.0179. The lowest BCUT2D eigenvalue weighted by Crippen LogP contribution is -2.37. The largest absolute Gasteiger partial charge is 0.472 e. The Morgan fingerprint density at radius 2 is 1.08 bits per heavy atom. The van der Waals surface area contributed by atoms with Gasteiger partial charge in [-0.1, -0.05) is 136 Å². The van der Waals surface area contributed by atoms with Crippen molar-refractivity contribution in [2.75, 3.05) is 47.5 Å². The number of allylic oxidation sites excluding steroid dienone is 17. The highest BCUT2D eigenvalue weighted by molar-refractivity contribution is 7.47. The highest BCUT2D eigenvalue weighted by atomic mass is 31.2. The second-order valence-electron chi connectivity index (χ2n) is 16.0. The molecule has 62 heavy (non-hydrogen) atoms. The van der Waals surface area contributed by atoms with Gasteiger partial charge in [-0.25, -0.2) is 4.57 Å². The number of quaternary nitrogens is 1. The summed E-state index contributed by atoms with van der Waals surface area (Å²) in [5, 5.41) is 20.7. The molecule has 0 aromatic rings. The molecule has 0 rings (SSSR count). The molecule has 0 fully saturated rings. The molecule has 0 amide bonds. The number of rotatable bonds is 39. The third-order valence-electron chi connectivity index (χ3n) is 9.00. The molecule has 3 N–H and O–H groups in total. The van der Waals surface area contributed by atoms with Gasteiger partial charge < -0.3 is 29.1 Å². The van der Waals surface area contributed by atoms with Gasteiger partial charge in [-0.05, 0) is 89.9 Å². The smallest absolute Gasteiger partial charge is 0.462 e. The number of nitrogens with zero attached hydrogens (tertiary/aromatic N) is 1. The van der Waals surface area contributed by atoms with Gasteiger partial charge in [0.05, 0.1) is 40.0 Å². The van der Waals surface area contributed by atoms with Crippen LogP contribution in [-0.2, 0) is 32.7 Å². The maximum absolute atomic E-state index is 12.7. The van der Waals surface area contributed by atoms with E-state index >= 15 is 0 Å². The number of likely N-dealkylation sites (N-methyl/N-ethyl adjacent to an activating group) is 1. The number of aliphatic hydroxyl groups excluding tert-OH is 2. The van der Waals surface area contributed by atoms with Crippen molar-refractivity contribution in [1.29, 1.82) is 0 Å². The summed E-state index contributed by atoms with van der Waals surface area (Å²) in [5.74, 6) is -1.20. The molecule has 0 saturated carbocycles. The molecule has 0 aromatic carbocycles. The number of ether oxygens (including phenoxy) is 2. The zero-order valence-electron chi connectivity index (χ0n) is 38.8. The molecule has 0 saturated heterocycles. The van der Waals surface area contributed by atoms with Crippen molar-refractivity contribution in [2.45, 2.75) is 148 Å². The maximum atomic E-state index is 12.7. The number of hydrogen-bond donors (Lipinski definition) is 3. The van der Waals surface area contributed by atoms with Crippen molar-refractivity contribution in [2.24, 2.45) is 0 Å². The molecule has 0 bridgehead atoms. The summed E-state index contributed by atoms with van der Waals surface area (Å²) < 4.78 is 34.0. The van der Waals surface area contributed by atoms with E-state index in [4.69, 9.17) is 18.5 Å². The van der Waals surface area contributed by atoms with Gasteiger partial charge in [0.2, 0.25) is 0 Å². The van der Waals surface area contributed by atoms with E-state index in [2.05, 4.69) is 92.8 Å². The predicted octanol–water partition coefficient (Wildman–Crippen LogP) is 11.1. The van der Waals surface area contributed by atoms with Crippen LogP contribution in [0, 0.1) is 0 Å². The monoisotopic (exact) mass is 889 g/mol. The van der Waals surface area contributed by atoms with E-state index in [0.29, 0.717) is 17.4 Å². The number of carbonyl (C=O) groups excluding carboxylic acids is 2. The van der Waals surface area contributed by atoms with Crippen LogP contribution in [0.5, 0.6) is 0 Å². The average molecular weight is 889 g/mol. The standard InChI is InChI=1S/C50H82NO10P/c1-6-8-10-12-14-16-18-20-21-22-23-24-25-26-28-30-32-34-36-40-50(55)61-46(45-60-62(56,57)59-43-42-51(3,4)5)44-58-49(54)41-37-39-48(53)47(52)38-35-33-31-29-27-19-17-15-13-11-9-7-2/h9,11,14-17,20-21,23-24,26-29,32-35,46-48,52-53H,6-8,10,12-13,18-19,22,25,30-31,36-45H2,1-5H3/p+1/b11-9-,16-14-,17-15-,21-20-,24-23-,28-26-,29-27-,34-32-,35-33-/t46-,47+,48+/m1/s1. The minimum atomic E-state index is -4.47. The number of hydrogen-bond acceptors (Lipinski definition) is 9. The van der Waals surface area contributed by atoms with Crippen LogP contribution in [0.2, 0.25) is 0 Å². The van der Waals surface area contributed by atoms with Gasteiger partial charge >= 0.3 is 19.8 Å². The van der Waals surface area contributed by atoms with E-state index in [1.165, 1.54) is 19.3 Å². The van der Waals surface area contributed by atoms with Crippen LogP contribution in [0.15, 0.2) is 109 Å². The Hall–Kier alpha value is -3.41.